The first-order valence-corrected chi connectivity index (χ1v) is 9.01. The van der Waals surface area contributed by atoms with Crippen LogP contribution in [0.1, 0.15) is 41.2 Å². The predicted molar refractivity (Wildman–Crippen MR) is 101 cm³/mol. The fraction of sp³-hybridized carbons (Fsp3) is 0.273. The number of hydrogen-bond donors (Lipinski definition) is 0. The quantitative estimate of drug-likeness (QED) is 0.685. The van der Waals surface area contributed by atoms with E-state index in [-0.39, 0.29) is 5.91 Å². The van der Waals surface area contributed by atoms with Crippen molar-refractivity contribution in [2.45, 2.75) is 25.2 Å². The summed E-state index contributed by atoms with van der Waals surface area (Å²) in [6, 6.07) is 20.5. The average molecular weight is 330 g/mol. The van der Waals surface area contributed by atoms with E-state index in [1.807, 2.05) is 41.3 Å². The highest BCUT2D eigenvalue weighted by Crippen LogP contribution is 2.28. The standard InChI is InChI=1S/C22H22N2O/c25-22(21-20-12-5-4-10-18(20)13-14-23-21)24-15-7-6-11-19(16-24)17-8-2-1-3-9-17/h1-5,8-10,12-14,19H,6-7,11,15-16H2. The third kappa shape index (κ3) is 3.27. The Hall–Kier alpha value is -2.68. The first kappa shape index (κ1) is 15.8. The van der Waals surface area contributed by atoms with Crippen molar-refractivity contribution in [2.75, 3.05) is 13.1 Å². The van der Waals surface area contributed by atoms with Gasteiger partial charge >= 0.3 is 0 Å². The molecule has 1 atom stereocenters. The SMILES string of the molecule is O=C(c1nccc2ccccc12)N1CCCCC(c2ccccc2)C1. The van der Waals surface area contributed by atoms with Gasteiger partial charge in [0.25, 0.3) is 5.91 Å². The molecule has 0 spiro atoms. The zero-order chi connectivity index (χ0) is 17.1. The smallest absolute Gasteiger partial charge is 0.273 e. The van der Waals surface area contributed by atoms with Crippen LogP contribution >= 0.6 is 0 Å². The van der Waals surface area contributed by atoms with E-state index in [2.05, 4.69) is 29.2 Å². The van der Waals surface area contributed by atoms with Crippen LogP contribution in [0.15, 0.2) is 66.9 Å². The molecule has 3 aromatic rings. The molecule has 1 aromatic heterocycles. The summed E-state index contributed by atoms with van der Waals surface area (Å²) in [7, 11) is 0. The minimum atomic E-state index is 0.0552. The molecule has 2 aromatic carbocycles. The largest absolute Gasteiger partial charge is 0.337 e. The lowest BCUT2D eigenvalue weighted by Crippen LogP contribution is -2.34. The van der Waals surface area contributed by atoms with Gasteiger partial charge in [-0.3, -0.25) is 9.78 Å². The number of rotatable bonds is 2. The van der Waals surface area contributed by atoms with Crippen molar-refractivity contribution in [3.63, 3.8) is 0 Å². The maximum Gasteiger partial charge on any atom is 0.273 e. The molecule has 3 nitrogen and oxygen atoms in total. The van der Waals surface area contributed by atoms with Crippen molar-refractivity contribution >= 4 is 16.7 Å². The molecule has 1 amide bonds. The van der Waals surface area contributed by atoms with Crippen LogP contribution in [0.3, 0.4) is 0 Å². The fourth-order valence-electron chi connectivity index (χ4n) is 3.76. The number of likely N-dealkylation sites (tertiary alicyclic amines) is 1. The van der Waals surface area contributed by atoms with E-state index in [0.29, 0.717) is 11.6 Å². The number of pyridine rings is 1. The van der Waals surface area contributed by atoms with Crippen LogP contribution in [0.5, 0.6) is 0 Å². The van der Waals surface area contributed by atoms with Crippen molar-refractivity contribution in [3.8, 4) is 0 Å². The molecule has 0 bridgehead atoms. The monoisotopic (exact) mass is 330 g/mol. The summed E-state index contributed by atoms with van der Waals surface area (Å²) >= 11 is 0. The molecule has 2 heterocycles. The molecule has 1 fully saturated rings. The second-order valence-corrected chi connectivity index (χ2v) is 6.74. The summed E-state index contributed by atoms with van der Waals surface area (Å²) in [5.41, 5.74) is 1.90. The summed E-state index contributed by atoms with van der Waals surface area (Å²) in [6.07, 6.45) is 5.09. The molecule has 3 heteroatoms. The first-order chi connectivity index (χ1) is 12.3. The lowest BCUT2D eigenvalue weighted by atomic mass is 9.94. The number of benzene rings is 2. The van der Waals surface area contributed by atoms with Crippen LogP contribution in [0.25, 0.3) is 10.8 Å². The second-order valence-electron chi connectivity index (χ2n) is 6.74. The second kappa shape index (κ2) is 7.06. The summed E-state index contributed by atoms with van der Waals surface area (Å²) < 4.78 is 0. The number of nitrogens with zero attached hydrogens (tertiary/aromatic N) is 2. The maximum atomic E-state index is 13.2. The Labute approximate surface area is 148 Å². The van der Waals surface area contributed by atoms with Gasteiger partial charge in [0.2, 0.25) is 0 Å². The van der Waals surface area contributed by atoms with E-state index in [1.165, 1.54) is 5.56 Å². The van der Waals surface area contributed by atoms with Crippen LogP contribution in [-0.2, 0) is 0 Å². The minimum absolute atomic E-state index is 0.0552. The molecule has 0 aliphatic carbocycles. The molecule has 1 aliphatic heterocycles. The number of amides is 1. The number of aromatic nitrogens is 1. The fourth-order valence-corrected chi connectivity index (χ4v) is 3.76. The Morgan fingerprint density at radius 2 is 1.76 bits per heavy atom. The highest BCUT2D eigenvalue weighted by atomic mass is 16.2. The number of hydrogen-bond acceptors (Lipinski definition) is 2. The molecular formula is C22H22N2O. The van der Waals surface area contributed by atoms with E-state index >= 15 is 0 Å². The molecule has 25 heavy (non-hydrogen) atoms. The molecule has 0 N–H and O–H groups in total. The molecular weight excluding hydrogens is 308 g/mol. The van der Waals surface area contributed by atoms with E-state index in [9.17, 15) is 4.79 Å². The lowest BCUT2D eigenvalue weighted by molar-refractivity contribution is 0.0751. The van der Waals surface area contributed by atoms with Gasteiger partial charge in [0.05, 0.1) is 0 Å². The maximum absolute atomic E-state index is 13.2. The molecule has 126 valence electrons. The van der Waals surface area contributed by atoms with Crippen LogP contribution in [0, 0.1) is 0 Å². The first-order valence-electron chi connectivity index (χ1n) is 9.01. The van der Waals surface area contributed by atoms with Crippen LogP contribution < -0.4 is 0 Å². The summed E-state index contributed by atoms with van der Waals surface area (Å²) in [4.78, 5) is 19.6. The Morgan fingerprint density at radius 1 is 0.960 bits per heavy atom. The van der Waals surface area contributed by atoms with Crippen LogP contribution in [0.4, 0.5) is 0 Å². The molecule has 1 aliphatic rings. The van der Waals surface area contributed by atoms with Gasteiger partial charge in [0, 0.05) is 30.6 Å². The van der Waals surface area contributed by atoms with Gasteiger partial charge in [-0.25, -0.2) is 0 Å². The van der Waals surface area contributed by atoms with Crippen molar-refractivity contribution < 1.29 is 4.79 Å². The topological polar surface area (TPSA) is 33.2 Å². The zero-order valence-electron chi connectivity index (χ0n) is 14.3. The summed E-state index contributed by atoms with van der Waals surface area (Å²) in [6.45, 7) is 1.58. The van der Waals surface area contributed by atoms with E-state index in [1.54, 1.807) is 6.20 Å². The average Bonchev–Trinajstić information content (AvgIpc) is 2.94. The van der Waals surface area contributed by atoms with Gasteiger partial charge in [-0.2, -0.15) is 0 Å². The molecule has 4 rings (SSSR count). The van der Waals surface area contributed by atoms with Gasteiger partial charge in [-0.1, -0.05) is 61.0 Å². The Balaban J connectivity index is 1.64. The van der Waals surface area contributed by atoms with Crippen molar-refractivity contribution in [2.24, 2.45) is 0 Å². The zero-order valence-corrected chi connectivity index (χ0v) is 14.3. The van der Waals surface area contributed by atoms with Crippen molar-refractivity contribution in [3.05, 3.63) is 78.1 Å². The molecule has 0 saturated carbocycles. The molecule has 1 unspecified atom stereocenters. The van der Waals surface area contributed by atoms with Gasteiger partial charge in [0.1, 0.15) is 5.69 Å². The van der Waals surface area contributed by atoms with Gasteiger partial charge < -0.3 is 4.90 Å². The third-order valence-electron chi connectivity index (χ3n) is 5.11. The summed E-state index contributed by atoms with van der Waals surface area (Å²) in [5.74, 6) is 0.460. The third-order valence-corrected chi connectivity index (χ3v) is 5.11. The van der Waals surface area contributed by atoms with E-state index in [0.717, 1.165) is 43.1 Å². The van der Waals surface area contributed by atoms with Crippen molar-refractivity contribution in [1.82, 2.24) is 9.88 Å². The Morgan fingerprint density at radius 3 is 2.64 bits per heavy atom. The normalized spacial score (nSPS) is 18.1. The highest BCUT2D eigenvalue weighted by molar-refractivity contribution is 6.05. The van der Waals surface area contributed by atoms with Crippen molar-refractivity contribution in [1.29, 1.82) is 0 Å². The number of carbonyl (C=O) groups excluding carboxylic acids is 1. The van der Waals surface area contributed by atoms with E-state index < -0.39 is 0 Å². The highest BCUT2D eigenvalue weighted by Gasteiger charge is 2.25. The van der Waals surface area contributed by atoms with Gasteiger partial charge in [-0.05, 0) is 29.9 Å². The Kier molecular flexibility index (Phi) is 4.47. The van der Waals surface area contributed by atoms with E-state index in [4.69, 9.17) is 0 Å². The predicted octanol–water partition coefficient (Wildman–Crippen LogP) is 4.64. The minimum Gasteiger partial charge on any atom is -0.337 e. The lowest BCUT2D eigenvalue weighted by Gasteiger charge is -2.25. The molecule has 0 radical (unpaired) electrons. The van der Waals surface area contributed by atoms with Gasteiger partial charge in [-0.15, -0.1) is 0 Å². The summed E-state index contributed by atoms with van der Waals surface area (Å²) in [5, 5.41) is 2.01. The number of fused-ring (bicyclic) bond motifs is 1. The molecule has 1 saturated heterocycles. The van der Waals surface area contributed by atoms with Crippen LogP contribution in [0.2, 0.25) is 0 Å². The van der Waals surface area contributed by atoms with Gasteiger partial charge in [0.15, 0.2) is 0 Å². The Bertz CT molecular complexity index is 870. The van der Waals surface area contributed by atoms with Crippen LogP contribution in [-0.4, -0.2) is 28.9 Å². The number of carbonyl (C=O) groups is 1.